The zero-order chi connectivity index (χ0) is 16.4. The van der Waals surface area contributed by atoms with Gasteiger partial charge in [0.1, 0.15) is 5.82 Å². The summed E-state index contributed by atoms with van der Waals surface area (Å²) in [5.41, 5.74) is 1.52. The Morgan fingerprint density at radius 2 is 2.04 bits per heavy atom. The Morgan fingerprint density at radius 1 is 1.22 bits per heavy atom. The van der Waals surface area contributed by atoms with Crippen LogP contribution in [0.5, 0.6) is 0 Å². The Kier molecular flexibility index (Phi) is 3.98. The van der Waals surface area contributed by atoms with Crippen LogP contribution in [0.25, 0.3) is 5.69 Å². The summed E-state index contributed by atoms with van der Waals surface area (Å²) in [6.07, 6.45) is 8.03. The molecule has 23 heavy (non-hydrogen) atoms. The maximum Gasteiger partial charge on any atom is 0.270 e. The van der Waals surface area contributed by atoms with Gasteiger partial charge in [-0.2, -0.15) is 0 Å². The van der Waals surface area contributed by atoms with E-state index >= 15 is 0 Å². The number of alkyl halides is 2. The first kappa shape index (κ1) is 15.4. The second kappa shape index (κ2) is 5.95. The van der Waals surface area contributed by atoms with Gasteiger partial charge in [0.2, 0.25) is 0 Å². The van der Waals surface area contributed by atoms with Crippen LogP contribution in [0.3, 0.4) is 0 Å². The summed E-state index contributed by atoms with van der Waals surface area (Å²) in [5.74, 6) is -1.86. The van der Waals surface area contributed by atoms with Crippen LogP contribution in [0, 0.1) is 0 Å². The molecule has 3 rings (SSSR count). The molecule has 0 unspecified atom stereocenters. The van der Waals surface area contributed by atoms with Gasteiger partial charge in [-0.1, -0.05) is 19.1 Å². The number of hydrogen-bond acceptors (Lipinski definition) is 2. The fraction of sp³-hybridized carbons (Fsp3) is 0.294. The first-order chi connectivity index (χ1) is 11.0. The molecule has 2 aromatic heterocycles. The SMILES string of the molecule is CCc1nccn1Cc1cn(-c2cccc(C(C)(F)F)c2)cn1. The molecule has 0 atom stereocenters. The molecule has 1 aromatic carbocycles. The highest BCUT2D eigenvalue weighted by Gasteiger charge is 2.24. The van der Waals surface area contributed by atoms with Crippen molar-refractivity contribution in [1.29, 1.82) is 0 Å². The van der Waals surface area contributed by atoms with Gasteiger partial charge in [0.25, 0.3) is 5.92 Å². The highest BCUT2D eigenvalue weighted by molar-refractivity contribution is 5.37. The number of rotatable bonds is 5. The predicted molar refractivity (Wildman–Crippen MR) is 83.8 cm³/mol. The largest absolute Gasteiger partial charge is 0.329 e. The van der Waals surface area contributed by atoms with Crippen molar-refractivity contribution in [2.24, 2.45) is 0 Å². The Morgan fingerprint density at radius 3 is 2.78 bits per heavy atom. The standard InChI is InChI=1S/C17H18F2N4/c1-3-16-20-7-8-22(16)10-14-11-23(12-21-14)15-6-4-5-13(9-15)17(2,18)19/h4-9,11-12H,3,10H2,1-2H3. The molecule has 0 amide bonds. The van der Waals surface area contributed by atoms with E-state index in [1.807, 2.05) is 23.9 Å². The first-order valence-corrected chi connectivity index (χ1v) is 7.49. The van der Waals surface area contributed by atoms with E-state index in [9.17, 15) is 8.78 Å². The van der Waals surface area contributed by atoms with E-state index in [0.717, 1.165) is 24.9 Å². The number of imidazole rings is 2. The van der Waals surface area contributed by atoms with Crippen LogP contribution in [0.1, 0.15) is 30.9 Å². The molecule has 3 aromatic rings. The Hall–Kier alpha value is -2.50. The van der Waals surface area contributed by atoms with Gasteiger partial charge in [-0.25, -0.2) is 18.7 Å². The van der Waals surface area contributed by atoms with Crippen molar-refractivity contribution in [3.05, 3.63) is 66.3 Å². The summed E-state index contributed by atoms with van der Waals surface area (Å²) in [6, 6.07) is 6.34. The van der Waals surface area contributed by atoms with Crippen LogP contribution in [0.2, 0.25) is 0 Å². The smallest absolute Gasteiger partial charge is 0.270 e. The van der Waals surface area contributed by atoms with E-state index in [0.29, 0.717) is 12.2 Å². The molecule has 0 saturated carbocycles. The lowest BCUT2D eigenvalue weighted by molar-refractivity contribution is 0.0174. The quantitative estimate of drug-likeness (QED) is 0.718. The van der Waals surface area contributed by atoms with Crippen molar-refractivity contribution in [2.75, 3.05) is 0 Å². The van der Waals surface area contributed by atoms with Gasteiger partial charge in [-0.3, -0.25) is 0 Å². The monoisotopic (exact) mass is 316 g/mol. The van der Waals surface area contributed by atoms with Gasteiger partial charge < -0.3 is 9.13 Å². The third-order valence-electron chi connectivity index (χ3n) is 3.74. The minimum absolute atomic E-state index is 0.00636. The molecule has 0 N–H and O–H groups in total. The second-order valence-corrected chi connectivity index (χ2v) is 5.54. The topological polar surface area (TPSA) is 35.6 Å². The van der Waals surface area contributed by atoms with Gasteiger partial charge in [-0.05, 0) is 12.1 Å². The van der Waals surface area contributed by atoms with Crippen molar-refractivity contribution in [1.82, 2.24) is 19.1 Å². The highest BCUT2D eigenvalue weighted by atomic mass is 19.3. The normalized spacial score (nSPS) is 11.8. The number of aromatic nitrogens is 4. The summed E-state index contributed by atoms with van der Waals surface area (Å²) in [5, 5.41) is 0. The molecular formula is C17H18F2N4. The van der Waals surface area contributed by atoms with Crippen molar-refractivity contribution < 1.29 is 8.78 Å². The van der Waals surface area contributed by atoms with Gasteiger partial charge >= 0.3 is 0 Å². The molecule has 120 valence electrons. The molecule has 2 heterocycles. The number of hydrogen-bond donors (Lipinski definition) is 0. The zero-order valence-corrected chi connectivity index (χ0v) is 13.1. The summed E-state index contributed by atoms with van der Waals surface area (Å²) < 4.78 is 30.7. The van der Waals surface area contributed by atoms with Crippen LogP contribution < -0.4 is 0 Å². The summed E-state index contributed by atoms with van der Waals surface area (Å²) in [6.45, 7) is 3.56. The van der Waals surface area contributed by atoms with Crippen molar-refractivity contribution in [3.63, 3.8) is 0 Å². The van der Waals surface area contributed by atoms with E-state index in [1.165, 1.54) is 12.1 Å². The molecule has 0 spiro atoms. The van der Waals surface area contributed by atoms with Crippen LogP contribution in [0.4, 0.5) is 8.78 Å². The highest BCUT2D eigenvalue weighted by Crippen LogP contribution is 2.28. The fourth-order valence-electron chi connectivity index (χ4n) is 2.50. The van der Waals surface area contributed by atoms with Crippen molar-refractivity contribution >= 4 is 0 Å². The first-order valence-electron chi connectivity index (χ1n) is 7.49. The van der Waals surface area contributed by atoms with E-state index in [-0.39, 0.29) is 5.56 Å². The predicted octanol–water partition coefficient (Wildman–Crippen LogP) is 3.79. The Labute approximate surface area is 133 Å². The van der Waals surface area contributed by atoms with Crippen LogP contribution in [-0.2, 0) is 18.9 Å². The fourth-order valence-corrected chi connectivity index (χ4v) is 2.50. The lowest BCUT2D eigenvalue weighted by Gasteiger charge is -2.12. The van der Waals surface area contributed by atoms with E-state index in [4.69, 9.17) is 0 Å². The number of halogens is 2. The zero-order valence-electron chi connectivity index (χ0n) is 13.1. The van der Waals surface area contributed by atoms with Crippen molar-refractivity contribution in [2.45, 2.75) is 32.7 Å². The second-order valence-electron chi connectivity index (χ2n) is 5.54. The minimum atomic E-state index is -2.85. The van der Waals surface area contributed by atoms with Gasteiger partial charge in [0.15, 0.2) is 0 Å². The van der Waals surface area contributed by atoms with Gasteiger partial charge in [-0.15, -0.1) is 0 Å². The minimum Gasteiger partial charge on any atom is -0.329 e. The molecular weight excluding hydrogens is 298 g/mol. The van der Waals surface area contributed by atoms with E-state index in [1.54, 1.807) is 29.2 Å². The lowest BCUT2D eigenvalue weighted by atomic mass is 10.1. The molecule has 0 aliphatic carbocycles. The third-order valence-corrected chi connectivity index (χ3v) is 3.74. The third kappa shape index (κ3) is 3.31. The lowest BCUT2D eigenvalue weighted by Crippen LogP contribution is -2.07. The molecule has 0 aliphatic rings. The molecule has 6 heteroatoms. The van der Waals surface area contributed by atoms with E-state index in [2.05, 4.69) is 9.97 Å². The van der Waals surface area contributed by atoms with E-state index < -0.39 is 5.92 Å². The average molecular weight is 316 g/mol. The summed E-state index contributed by atoms with van der Waals surface area (Å²) in [7, 11) is 0. The number of aryl methyl sites for hydroxylation is 1. The Bertz CT molecular complexity index is 799. The van der Waals surface area contributed by atoms with Crippen molar-refractivity contribution in [3.8, 4) is 5.69 Å². The maximum atomic E-state index is 13.5. The molecule has 0 saturated heterocycles. The van der Waals surface area contributed by atoms with Gasteiger partial charge in [0.05, 0.1) is 18.6 Å². The molecule has 4 nitrogen and oxygen atoms in total. The Balaban J connectivity index is 1.85. The molecule has 0 radical (unpaired) electrons. The molecule has 0 bridgehead atoms. The van der Waals surface area contributed by atoms with Crippen LogP contribution >= 0.6 is 0 Å². The molecule has 0 fully saturated rings. The summed E-state index contributed by atoms with van der Waals surface area (Å²) in [4.78, 5) is 8.64. The maximum absolute atomic E-state index is 13.5. The summed E-state index contributed by atoms with van der Waals surface area (Å²) >= 11 is 0. The molecule has 0 aliphatic heterocycles. The number of nitrogens with zero attached hydrogens (tertiary/aromatic N) is 4. The van der Waals surface area contributed by atoms with Crippen LogP contribution in [-0.4, -0.2) is 19.1 Å². The number of benzene rings is 1. The van der Waals surface area contributed by atoms with Crippen LogP contribution in [0.15, 0.2) is 49.2 Å². The van der Waals surface area contributed by atoms with Gasteiger partial charge in [0, 0.05) is 43.2 Å². The average Bonchev–Trinajstić information content (AvgIpc) is 3.16.